The van der Waals surface area contributed by atoms with Gasteiger partial charge in [0.15, 0.2) is 0 Å². The molecular weight excluding hydrogens is 224 g/mol. The van der Waals surface area contributed by atoms with Crippen LogP contribution in [0.1, 0.15) is 11.4 Å². The fraction of sp³-hybridized carbons (Fsp3) is 0.400. The first-order chi connectivity index (χ1) is 7.99. The molecule has 0 aliphatic carbocycles. The molecule has 0 spiro atoms. The van der Waals surface area contributed by atoms with E-state index >= 15 is 0 Å². The maximum Gasteiger partial charge on any atom is 0.323 e. The number of carbonyl (C=O) groups excluding carboxylic acids is 1. The molecule has 7 heteroatoms. The quantitative estimate of drug-likeness (QED) is 0.770. The van der Waals surface area contributed by atoms with Crippen molar-refractivity contribution >= 4 is 12.0 Å². The van der Waals surface area contributed by atoms with Gasteiger partial charge in [0.25, 0.3) is 0 Å². The van der Waals surface area contributed by atoms with Gasteiger partial charge in [0.1, 0.15) is 6.54 Å². The van der Waals surface area contributed by atoms with Gasteiger partial charge in [0.05, 0.1) is 24.1 Å². The van der Waals surface area contributed by atoms with Crippen LogP contribution < -0.4 is 5.32 Å². The summed E-state index contributed by atoms with van der Waals surface area (Å²) in [6.07, 6.45) is 3.16. The fourth-order valence-electron chi connectivity index (χ4n) is 1.09. The number of aromatic nitrogens is 2. The maximum atomic E-state index is 11.4. The number of aliphatic carboxylic acids is 1. The summed E-state index contributed by atoms with van der Waals surface area (Å²) < 4.78 is 0. The molecular formula is C10H14N4O3. The zero-order chi connectivity index (χ0) is 12.8. The second kappa shape index (κ2) is 5.78. The summed E-state index contributed by atoms with van der Waals surface area (Å²) in [6.45, 7) is 1.69. The summed E-state index contributed by atoms with van der Waals surface area (Å²) in [6, 6.07) is -0.463. The van der Waals surface area contributed by atoms with E-state index in [1.54, 1.807) is 12.4 Å². The molecule has 0 aliphatic heterocycles. The Morgan fingerprint density at radius 1 is 1.41 bits per heavy atom. The predicted octanol–water partition coefficient (Wildman–Crippen LogP) is 0.0110. The summed E-state index contributed by atoms with van der Waals surface area (Å²) >= 11 is 0. The molecule has 1 rings (SSSR count). The molecule has 0 bridgehead atoms. The van der Waals surface area contributed by atoms with Crippen LogP contribution in [0.5, 0.6) is 0 Å². The molecule has 0 radical (unpaired) electrons. The van der Waals surface area contributed by atoms with E-state index in [4.69, 9.17) is 5.11 Å². The van der Waals surface area contributed by atoms with E-state index in [-0.39, 0.29) is 13.1 Å². The maximum absolute atomic E-state index is 11.4. The molecule has 92 valence electrons. The number of hydrogen-bond donors (Lipinski definition) is 2. The summed E-state index contributed by atoms with van der Waals surface area (Å²) in [5, 5.41) is 11.0. The van der Waals surface area contributed by atoms with Crippen molar-refractivity contribution in [3.63, 3.8) is 0 Å². The van der Waals surface area contributed by atoms with Gasteiger partial charge in [-0.05, 0) is 6.92 Å². The van der Waals surface area contributed by atoms with Crippen LogP contribution in [-0.4, -0.2) is 45.6 Å². The minimum Gasteiger partial charge on any atom is -0.480 e. The average Bonchev–Trinajstić information content (AvgIpc) is 2.27. The van der Waals surface area contributed by atoms with Crippen molar-refractivity contribution in [2.75, 3.05) is 13.6 Å². The first kappa shape index (κ1) is 12.9. The number of amides is 2. The van der Waals surface area contributed by atoms with Crippen molar-refractivity contribution in [2.45, 2.75) is 13.5 Å². The Morgan fingerprint density at radius 2 is 2.12 bits per heavy atom. The third-order valence-electron chi connectivity index (χ3n) is 1.97. The zero-order valence-electron chi connectivity index (χ0n) is 9.67. The molecule has 1 aromatic heterocycles. The van der Waals surface area contributed by atoms with E-state index in [9.17, 15) is 9.59 Å². The van der Waals surface area contributed by atoms with Crippen molar-refractivity contribution in [1.29, 1.82) is 0 Å². The molecule has 0 atom stereocenters. The van der Waals surface area contributed by atoms with Crippen molar-refractivity contribution in [1.82, 2.24) is 20.2 Å². The van der Waals surface area contributed by atoms with Crippen LogP contribution in [0, 0.1) is 6.92 Å². The first-order valence-electron chi connectivity index (χ1n) is 4.97. The van der Waals surface area contributed by atoms with Crippen LogP contribution >= 0.6 is 0 Å². The van der Waals surface area contributed by atoms with Crippen LogP contribution in [0.15, 0.2) is 12.4 Å². The van der Waals surface area contributed by atoms with Gasteiger partial charge in [-0.1, -0.05) is 0 Å². The number of carbonyl (C=O) groups is 2. The highest BCUT2D eigenvalue weighted by Crippen LogP contribution is 1.94. The van der Waals surface area contributed by atoms with E-state index in [1.807, 2.05) is 6.92 Å². The van der Waals surface area contributed by atoms with Gasteiger partial charge in [0.2, 0.25) is 0 Å². The lowest BCUT2D eigenvalue weighted by Gasteiger charge is -2.15. The van der Waals surface area contributed by atoms with Gasteiger partial charge in [-0.15, -0.1) is 0 Å². The topological polar surface area (TPSA) is 95.4 Å². The third kappa shape index (κ3) is 4.45. The Hall–Kier alpha value is -2.18. The number of hydrogen-bond acceptors (Lipinski definition) is 4. The van der Waals surface area contributed by atoms with Crippen molar-refractivity contribution in [2.24, 2.45) is 0 Å². The second-order valence-electron chi connectivity index (χ2n) is 3.56. The number of likely N-dealkylation sites (N-methyl/N-ethyl adjacent to an activating group) is 1. The smallest absolute Gasteiger partial charge is 0.323 e. The molecule has 2 N–H and O–H groups in total. The van der Waals surface area contributed by atoms with Crippen molar-refractivity contribution in [3.05, 3.63) is 23.8 Å². The highest BCUT2D eigenvalue weighted by Gasteiger charge is 2.11. The normalized spacial score (nSPS) is 9.76. The van der Waals surface area contributed by atoms with Gasteiger partial charge < -0.3 is 15.3 Å². The number of aryl methyl sites for hydroxylation is 1. The molecule has 0 fully saturated rings. The number of nitrogens with one attached hydrogen (secondary N) is 1. The molecule has 0 unspecified atom stereocenters. The Kier molecular flexibility index (Phi) is 4.38. The molecule has 0 saturated carbocycles. The van der Waals surface area contributed by atoms with Crippen LogP contribution in [0.25, 0.3) is 0 Å². The van der Waals surface area contributed by atoms with Gasteiger partial charge in [-0.25, -0.2) is 4.79 Å². The van der Waals surface area contributed by atoms with Gasteiger partial charge in [0, 0.05) is 13.2 Å². The van der Waals surface area contributed by atoms with E-state index in [0.717, 1.165) is 10.6 Å². The molecule has 1 heterocycles. The average molecular weight is 238 g/mol. The Labute approximate surface area is 98.5 Å². The van der Waals surface area contributed by atoms with Crippen LogP contribution in [0.3, 0.4) is 0 Å². The number of carboxylic acid groups (broad SMARTS) is 1. The standard InChI is InChI=1S/C10H14N4O3/c1-7-3-12-8(4-11-7)5-13-10(17)14(2)6-9(15)16/h3-4H,5-6H2,1-2H3,(H,13,17)(H,15,16). The van der Waals surface area contributed by atoms with E-state index in [1.165, 1.54) is 7.05 Å². The summed E-state index contributed by atoms with van der Waals surface area (Å²) in [5.74, 6) is -1.06. The van der Waals surface area contributed by atoms with Gasteiger partial charge in [-0.3, -0.25) is 14.8 Å². The van der Waals surface area contributed by atoms with Crippen molar-refractivity contribution in [3.8, 4) is 0 Å². The molecule has 0 saturated heterocycles. The second-order valence-corrected chi connectivity index (χ2v) is 3.56. The highest BCUT2D eigenvalue weighted by molar-refractivity contribution is 5.79. The number of nitrogens with zero attached hydrogens (tertiary/aromatic N) is 3. The van der Waals surface area contributed by atoms with Gasteiger partial charge >= 0.3 is 12.0 Å². The highest BCUT2D eigenvalue weighted by atomic mass is 16.4. The lowest BCUT2D eigenvalue weighted by Crippen LogP contribution is -2.39. The molecule has 17 heavy (non-hydrogen) atoms. The minimum atomic E-state index is -1.06. The van der Waals surface area contributed by atoms with Crippen LogP contribution in [0.2, 0.25) is 0 Å². The Bertz CT molecular complexity index is 405. The van der Waals surface area contributed by atoms with E-state index < -0.39 is 12.0 Å². The zero-order valence-corrected chi connectivity index (χ0v) is 9.67. The fourth-order valence-corrected chi connectivity index (χ4v) is 1.09. The first-order valence-corrected chi connectivity index (χ1v) is 4.97. The lowest BCUT2D eigenvalue weighted by molar-refractivity contribution is -0.137. The van der Waals surface area contributed by atoms with Crippen LogP contribution in [0.4, 0.5) is 4.79 Å². The SMILES string of the molecule is Cc1cnc(CNC(=O)N(C)CC(=O)O)cn1. The Morgan fingerprint density at radius 3 is 2.65 bits per heavy atom. The molecule has 7 nitrogen and oxygen atoms in total. The number of rotatable bonds is 4. The summed E-state index contributed by atoms with van der Waals surface area (Å²) in [4.78, 5) is 31.0. The Balaban J connectivity index is 2.42. The van der Waals surface area contributed by atoms with E-state index in [2.05, 4.69) is 15.3 Å². The van der Waals surface area contributed by atoms with Crippen molar-refractivity contribution < 1.29 is 14.7 Å². The summed E-state index contributed by atoms with van der Waals surface area (Å²) in [7, 11) is 1.41. The summed E-state index contributed by atoms with van der Waals surface area (Å²) in [5.41, 5.74) is 1.41. The van der Waals surface area contributed by atoms with Gasteiger partial charge in [-0.2, -0.15) is 0 Å². The third-order valence-corrected chi connectivity index (χ3v) is 1.97. The number of carboxylic acids is 1. The monoisotopic (exact) mass is 238 g/mol. The molecule has 0 aliphatic rings. The molecule has 0 aromatic carbocycles. The largest absolute Gasteiger partial charge is 0.480 e. The van der Waals surface area contributed by atoms with E-state index in [0.29, 0.717) is 5.69 Å². The predicted molar refractivity (Wildman–Crippen MR) is 59.3 cm³/mol. The lowest BCUT2D eigenvalue weighted by atomic mass is 10.4. The van der Waals surface area contributed by atoms with Crippen LogP contribution in [-0.2, 0) is 11.3 Å². The minimum absolute atomic E-state index is 0.218. The number of urea groups is 1. The molecule has 2 amide bonds. The molecule has 1 aromatic rings.